The van der Waals surface area contributed by atoms with Crippen LogP contribution in [0.5, 0.6) is 0 Å². The van der Waals surface area contributed by atoms with Gasteiger partial charge in [0.15, 0.2) is 0 Å². The molecule has 3 aromatic carbocycles. The summed E-state index contributed by atoms with van der Waals surface area (Å²) in [5.74, 6) is 0. The summed E-state index contributed by atoms with van der Waals surface area (Å²) in [6.45, 7) is 11.6. The summed E-state index contributed by atoms with van der Waals surface area (Å²) >= 11 is 0. The van der Waals surface area contributed by atoms with Gasteiger partial charge in [-0.2, -0.15) is 0 Å². The second-order valence-corrected chi connectivity index (χ2v) is 9.11. The molecule has 0 unspecified atom stereocenters. The largest absolute Gasteiger partial charge is 0.335 e. The topological polar surface area (TPSA) is 4.93 Å². The molecule has 0 radical (unpaired) electrons. The maximum Gasteiger partial charge on any atom is 0.0499 e. The molecule has 1 aromatic heterocycles. The van der Waals surface area contributed by atoms with Gasteiger partial charge in [-0.3, -0.25) is 0 Å². The predicted octanol–water partition coefficient (Wildman–Crippen LogP) is 6.86. The molecule has 1 nitrogen and oxygen atoms in total. The van der Waals surface area contributed by atoms with Gasteiger partial charge in [0.2, 0.25) is 0 Å². The fraction of sp³-hybridized carbons (Fsp3) is 0.280. The van der Waals surface area contributed by atoms with Gasteiger partial charge in [-0.1, -0.05) is 56.3 Å². The van der Waals surface area contributed by atoms with Gasteiger partial charge in [-0.25, -0.2) is 0 Å². The number of benzene rings is 3. The van der Waals surface area contributed by atoms with E-state index in [0.29, 0.717) is 0 Å². The second-order valence-electron chi connectivity index (χ2n) is 9.11. The van der Waals surface area contributed by atoms with Crippen LogP contribution in [0.3, 0.4) is 0 Å². The first kappa shape index (κ1) is 15.7. The van der Waals surface area contributed by atoms with E-state index in [-0.39, 0.29) is 11.0 Å². The van der Waals surface area contributed by atoms with Crippen molar-refractivity contribution in [3.63, 3.8) is 0 Å². The van der Waals surface area contributed by atoms with E-state index in [1.807, 2.05) is 0 Å². The van der Waals surface area contributed by atoms with Gasteiger partial charge in [0.1, 0.15) is 0 Å². The Bertz CT molecular complexity index is 1180. The van der Waals surface area contributed by atoms with E-state index in [2.05, 4.69) is 99.8 Å². The lowest BCUT2D eigenvalue weighted by Gasteiger charge is -2.26. The van der Waals surface area contributed by atoms with Crippen molar-refractivity contribution in [1.29, 1.82) is 0 Å². The molecule has 0 atom stereocenters. The maximum absolute atomic E-state index is 2.51. The fourth-order valence-electron chi connectivity index (χ4n) is 4.89. The highest BCUT2D eigenvalue weighted by atomic mass is 15.0. The third kappa shape index (κ3) is 1.86. The molecule has 1 heteroatoms. The van der Waals surface area contributed by atoms with Crippen LogP contribution >= 0.6 is 0 Å². The minimum atomic E-state index is 0.0329. The van der Waals surface area contributed by atoms with E-state index >= 15 is 0 Å². The van der Waals surface area contributed by atoms with E-state index in [9.17, 15) is 0 Å². The Hall–Kier alpha value is -2.54. The number of hydrogen-bond acceptors (Lipinski definition) is 0. The summed E-state index contributed by atoms with van der Waals surface area (Å²) in [4.78, 5) is 0. The summed E-state index contributed by atoms with van der Waals surface area (Å²) in [6, 6.07) is 22.6. The average Bonchev–Trinajstić information content (AvgIpc) is 3.04. The van der Waals surface area contributed by atoms with Crippen LogP contribution in [0.2, 0.25) is 0 Å². The van der Waals surface area contributed by atoms with Crippen LogP contribution in [0, 0.1) is 0 Å². The molecule has 0 saturated heterocycles. The van der Waals surface area contributed by atoms with Gasteiger partial charge in [0, 0.05) is 32.8 Å². The fourth-order valence-corrected chi connectivity index (χ4v) is 4.89. The normalized spacial score (nSPS) is 15.4. The maximum atomic E-state index is 2.51. The molecule has 1 heterocycles. The number of nitrogens with zero attached hydrogens (tertiary/aromatic N) is 1. The Labute approximate surface area is 155 Å². The van der Waals surface area contributed by atoms with Crippen molar-refractivity contribution in [3.8, 4) is 11.1 Å². The molecular formula is C25H25N. The lowest BCUT2D eigenvalue weighted by atomic mass is 9.82. The number of fused-ring (bicyclic) bond motifs is 6. The molecule has 1 aliphatic rings. The number of aromatic nitrogens is 1. The van der Waals surface area contributed by atoms with Crippen molar-refractivity contribution < 1.29 is 0 Å². The zero-order chi connectivity index (χ0) is 18.3. The van der Waals surface area contributed by atoms with Gasteiger partial charge in [-0.15, -0.1) is 0 Å². The Kier molecular flexibility index (Phi) is 2.89. The number of para-hydroxylation sites is 1. The van der Waals surface area contributed by atoms with E-state index in [4.69, 9.17) is 0 Å². The first-order chi connectivity index (χ1) is 12.3. The molecular weight excluding hydrogens is 314 g/mol. The molecule has 1 aliphatic carbocycles. The van der Waals surface area contributed by atoms with Crippen molar-refractivity contribution in [3.05, 3.63) is 71.8 Å². The van der Waals surface area contributed by atoms with E-state index in [0.717, 1.165) is 0 Å². The standard InChI is InChI=1S/C25H25N/c1-24(2,3)26-22-13-9-7-11-17(22)19-14-18-16-10-6-8-12-20(16)25(4,5)21(18)15-23(19)26/h6-15H,1-5H3. The van der Waals surface area contributed by atoms with Gasteiger partial charge >= 0.3 is 0 Å². The predicted molar refractivity (Wildman–Crippen MR) is 112 cm³/mol. The SMILES string of the molecule is CC1(C)c2ccccc2-c2cc3c4ccccc4n(C(C)(C)C)c3cc21. The Balaban J connectivity index is 1.98. The lowest BCUT2D eigenvalue weighted by molar-refractivity contribution is 0.423. The van der Waals surface area contributed by atoms with Gasteiger partial charge in [0.05, 0.1) is 0 Å². The Morgan fingerprint density at radius 1 is 0.692 bits per heavy atom. The third-order valence-electron chi connectivity index (χ3n) is 6.05. The lowest BCUT2D eigenvalue weighted by Crippen LogP contribution is -2.21. The molecule has 5 rings (SSSR count). The molecule has 0 aliphatic heterocycles. The molecule has 0 bridgehead atoms. The van der Waals surface area contributed by atoms with Crippen LogP contribution in [0.4, 0.5) is 0 Å². The van der Waals surface area contributed by atoms with Gasteiger partial charge in [-0.05, 0) is 61.2 Å². The van der Waals surface area contributed by atoms with Crippen molar-refractivity contribution in [1.82, 2.24) is 4.57 Å². The molecule has 0 spiro atoms. The number of hydrogen-bond donors (Lipinski definition) is 0. The molecule has 0 fully saturated rings. The van der Waals surface area contributed by atoms with Crippen LogP contribution in [0.1, 0.15) is 45.7 Å². The summed E-state index contributed by atoms with van der Waals surface area (Å²) in [5, 5.41) is 2.71. The average molecular weight is 339 g/mol. The highest BCUT2D eigenvalue weighted by Crippen LogP contribution is 2.51. The van der Waals surface area contributed by atoms with Crippen molar-refractivity contribution in [2.75, 3.05) is 0 Å². The highest BCUT2D eigenvalue weighted by molar-refractivity contribution is 6.10. The zero-order valence-corrected chi connectivity index (χ0v) is 16.2. The third-order valence-corrected chi connectivity index (χ3v) is 6.05. The summed E-state index contributed by atoms with van der Waals surface area (Å²) in [5.41, 5.74) is 8.42. The van der Waals surface area contributed by atoms with E-state index < -0.39 is 0 Å². The van der Waals surface area contributed by atoms with Gasteiger partial charge < -0.3 is 4.57 Å². The van der Waals surface area contributed by atoms with Crippen LogP contribution in [-0.4, -0.2) is 4.57 Å². The van der Waals surface area contributed by atoms with Gasteiger partial charge in [0.25, 0.3) is 0 Å². The zero-order valence-electron chi connectivity index (χ0n) is 16.2. The summed E-state index contributed by atoms with van der Waals surface area (Å²) in [7, 11) is 0. The molecule has 130 valence electrons. The van der Waals surface area contributed by atoms with Crippen LogP contribution in [0.15, 0.2) is 60.7 Å². The smallest absolute Gasteiger partial charge is 0.0499 e. The van der Waals surface area contributed by atoms with Crippen molar-refractivity contribution in [2.45, 2.75) is 45.6 Å². The van der Waals surface area contributed by atoms with Crippen LogP contribution in [-0.2, 0) is 11.0 Å². The van der Waals surface area contributed by atoms with Crippen molar-refractivity contribution >= 4 is 21.8 Å². The first-order valence-corrected chi connectivity index (χ1v) is 9.48. The first-order valence-electron chi connectivity index (χ1n) is 9.48. The minimum absolute atomic E-state index is 0.0329. The van der Waals surface area contributed by atoms with Crippen LogP contribution in [0.25, 0.3) is 32.9 Å². The van der Waals surface area contributed by atoms with Crippen molar-refractivity contribution in [2.24, 2.45) is 0 Å². The quantitative estimate of drug-likeness (QED) is 0.330. The molecule has 0 N–H and O–H groups in total. The molecule has 0 amide bonds. The highest BCUT2D eigenvalue weighted by Gasteiger charge is 2.36. The molecule has 0 saturated carbocycles. The van der Waals surface area contributed by atoms with Crippen LogP contribution < -0.4 is 0 Å². The second kappa shape index (κ2) is 4.79. The molecule has 26 heavy (non-hydrogen) atoms. The summed E-state index contributed by atoms with van der Waals surface area (Å²) in [6.07, 6.45) is 0. The Morgan fingerprint density at radius 2 is 1.38 bits per heavy atom. The van der Waals surface area contributed by atoms with E-state index in [1.165, 1.54) is 44.1 Å². The monoisotopic (exact) mass is 339 g/mol. The molecule has 4 aromatic rings. The Morgan fingerprint density at radius 3 is 2.15 bits per heavy atom. The minimum Gasteiger partial charge on any atom is -0.335 e. The van der Waals surface area contributed by atoms with E-state index in [1.54, 1.807) is 0 Å². The number of rotatable bonds is 0. The summed E-state index contributed by atoms with van der Waals surface area (Å²) < 4.78 is 2.51.